The third-order valence-electron chi connectivity index (χ3n) is 5.61. The van der Waals surface area contributed by atoms with Crippen molar-refractivity contribution in [1.82, 2.24) is 9.88 Å². The molecule has 0 N–H and O–H groups in total. The third kappa shape index (κ3) is 4.33. The van der Waals surface area contributed by atoms with Gasteiger partial charge in [0.05, 0.1) is 6.20 Å². The minimum Gasteiger partial charge on any atom is -0.445 e. The molecule has 4 rings (SSSR count). The van der Waals surface area contributed by atoms with E-state index in [0.29, 0.717) is 17.9 Å². The van der Waals surface area contributed by atoms with E-state index in [1.54, 1.807) is 18.3 Å². The normalized spacial score (nSPS) is 22.6. The lowest BCUT2D eigenvalue weighted by Gasteiger charge is -2.35. The summed E-state index contributed by atoms with van der Waals surface area (Å²) < 4.78 is 25.3. The molecule has 2 fully saturated rings. The summed E-state index contributed by atoms with van der Waals surface area (Å²) in [5.41, 5.74) is 0.653. The Labute approximate surface area is 154 Å². The summed E-state index contributed by atoms with van der Waals surface area (Å²) in [4.78, 5) is 7.07. The number of oxazole rings is 1. The van der Waals surface area contributed by atoms with Crippen molar-refractivity contribution in [2.24, 2.45) is 5.92 Å². The second-order valence-electron chi connectivity index (χ2n) is 7.59. The van der Waals surface area contributed by atoms with Gasteiger partial charge in [-0.25, -0.2) is 9.37 Å². The SMILES string of the molecule is Fc1ccccc1Cc1cnc([C@H]2CCCN(CC3CCOCC3)C2)o1. The average Bonchev–Trinajstić information content (AvgIpc) is 3.13. The largest absolute Gasteiger partial charge is 0.445 e. The molecule has 0 spiro atoms. The van der Waals surface area contributed by atoms with Crippen LogP contribution in [0.25, 0.3) is 0 Å². The topological polar surface area (TPSA) is 38.5 Å². The smallest absolute Gasteiger partial charge is 0.198 e. The number of hydrogen-bond donors (Lipinski definition) is 0. The van der Waals surface area contributed by atoms with E-state index in [1.165, 1.54) is 25.3 Å². The first-order valence-corrected chi connectivity index (χ1v) is 9.76. The summed E-state index contributed by atoms with van der Waals surface area (Å²) in [7, 11) is 0. The van der Waals surface area contributed by atoms with Crippen LogP contribution in [0.15, 0.2) is 34.9 Å². The summed E-state index contributed by atoms with van der Waals surface area (Å²) in [6, 6.07) is 6.85. The van der Waals surface area contributed by atoms with E-state index in [-0.39, 0.29) is 5.82 Å². The van der Waals surface area contributed by atoms with Crippen LogP contribution >= 0.6 is 0 Å². The molecule has 1 atom stereocenters. The zero-order valence-electron chi connectivity index (χ0n) is 15.2. The molecule has 2 aliphatic rings. The Hall–Kier alpha value is -1.72. The molecule has 5 heteroatoms. The lowest BCUT2D eigenvalue weighted by molar-refractivity contribution is 0.0474. The van der Waals surface area contributed by atoms with Crippen LogP contribution in [-0.2, 0) is 11.2 Å². The lowest BCUT2D eigenvalue weighted by atomic mass is 9.94. The number of aromatic nitrogens is 1. The molecule has 0 amide bonds. The van der Waals surface area contributed by atoms with Gasteiger partial charge in [-0.2, -0.15) is 0 Å². The van der Waals surface area contributed by atoms with Gasteiger partial charge in [0.1, 0.15) is 11.6 Å². The van der Waals surface area contributed by atoms with Crippen LogP contribution in [0.3, 0.4) is 0 Å². The monoisotopic (exact) mass is 358 g/mol. The Kier molecular flexibility index (Phi) is 5.65. The fourth-order valence-corrected chi connectivity index (χ4v) is 4.14. The predicted molar refractivity (Wildman–Crippen MR) is 97.7 cm³/mol. The number of piperidine rings is 1. The highest BCUT2D eigenvalue weighted by Gasteiger charge is 2.27. The van der Waals surface area contributed by atoms with E-state index in [2.05, 4.69) is 9.88 Å². The van der Waals surface area contributed by atoms with Gasteiger partial charge in [-0.1, -0.05) is 18.2 Å². The maximum Gasteiger partial charge on any atom is 0.198 e. The van der Waals surface area contributed by atoms with Gasteiger partial charge >= 0.3 is 0 Å². The van der Waals surface area contributed by atoms with Gasteiger partial charge in [-0.05, 0) is 49.8 Å². The van der Waals surface area contributed by atoms with Crippen molar-refractivity contribution in [3.05, 3.63) is 53.5 Å². The average molecular weight is 358 g/mol. The van der Waals surface area contributed by atoms with Crippen molar-refractivity contribution in [3.63, 3.8) is 0 Å². The van der Waals surface area contributed by atoms with Crippen LogP contribution in [0.4, 0.5) is 4.39 Å². The molecule has 1 aromatic carbocycles. The number of hydrogen-bond acceptors (Lipinski definition) is 4. The van der Waals surface area contributed by atoms with Crippen molar-refractivity contribution >= 4 is 0 Å². The Bertz CT molecular complexity index is 712. The summed E-state index contributed by atoms with van der Waals surface area (Å²) in [6.45, 7) is 5.14. The number of rotatable bonds is 5. The maximum atomic E-state index is 13.8. The minimum atomic E-state index is -0.189. The molecule has 140 valence electrons. The molecular formula is C21H27FN2O2. The Morgan fingerprint density at radius 1 is 1.15 bits per heavy atom. The molecule has 2 saturated heterocycles. The molecule has 2 aliphatic heterocycles. The number of nitrogens with zero attached hydrogens (tertiary/aromatic N) is 2. The van der Waals surface area contributed by atoms with E-state index in [0.717, 1.165) is 56.8 Å². The Morgan fingerprint density at radius 2 is 2.00 bits per heavy atom. The van der Waals surface area contributed by atoms with Gasteiger partial charge in [-0.3, -0.25) is 0 Å². The van der Waals surface area contributed by atoms with Gasteiger partial charge in [0, 0.05) is 38.6 Å². The van der Waals surface area contributed by atoms with Crippen LogP contribution in [0.2, 0.25) is 0 Å². The fraction of sp³-hybridized carbons (Fsp3) is 0.571. The Balaban J connectivity index is 1.36. The zero-order chi connectivity index (χ0) is 17.8. The molecule has 1 aromatic heterocycles. The molecule has 0 aliphatic carbocycles. The molecule has 2 aromatic rings. The third-order valence-corrected chi connectivity index (χ3v) is 5.61. The van der Waals surface area contributed by atoms with Gasteiger partial charge in [0.25, 0.3) is 0 Å². The lowest BCUT2D eigenvalue weighted by Crippen LogP contribution is -2.39. The number of ether oxygens (including phenoxy) is 1. The first kappa shape index (κ1) is 17.7. The van der Waals surface area contributed by atoms with Crippen molar-refractivity contribution in [3.8, 4) is 0 Å². The van der Waals surface area contributed by atoms with Crippen LogP contribution in [0.1, 0.15) is 48.8 Å². The number of halogens is 1. The molecule has 0 saturated carbocycles. The van der Waals surface area contributed by atoms with Crippen molar-refractivity contribution in [2.75, 3.05) is 32.8 Å². The fourth-order valence-electron chi connectivity index (χ4n) is 4.14. The molecular weight excluding hydrogens is 331 g/mol. The molecule has 0 bridgehead atoms. The molecule has 0 radical (unpaired) electrons. The van der Waals surface area contributed by atoms with Crippen molar-refractivity contribution in [2.45, 2.75) is 38.0 Å². The highest BCUT2D eigenvalue weighted by molar-refractivity contribution is 5.21. The quantitative estimate of drug-likeness (QED) is 0.809. The Morgan fingerprint density at radius 3 is 2.85 bits per heavy atom. The first-order valence-electron chi connectivity index (χ1n) is 9.76. The van der Waals surface area contributed by atoms with E-state index < -0.39 is 0 Å². The first-order chi connectivity index (χ1) is 12.8. The van der Waals surface area contributed by atoms with E-state index in [9.17, 15) is 4.39 Å². The number of likely N-dealkylation sites (tertiary alicyclic amines) is 1. The van der Waals surface area contributed by atoms with E-state index in [4.69, 9.17) is 9.15 Å². The van der Waals surface area contributed by atoms with Crippen molar-refractivity contribution in [1.29, 1.82) is 0 Å². The highest BCUT2D eigenvalue weighted by atomic mass is 19.1. The second-order valence-corrected chi connectivity index (χ2v) is 7.59. The van der Waals surface area contributed by atoms with Gasteiger partial charge in [0.15, 0.2) is 5.89 Å². The predicted octanol–water partition coefficient (Wildman–Crippen LogP) is 4.01. The highest BCUT2D eigenvalue weighted by Crippen LogP contribution is 2.29. The van der Waals surface area contributed by atoms with Crippen molar-refractivity contribution < 1.29 is 13.5 Å². The van der Waals surface area contributed by atoms with Gasteiger partial charge in [-0.15, -0.1) is 0 Å². The zero-order valence-corrected chi connectivity index (χ0v) is 15.2. The molecule has 0 unspecified atom stereocenters. The summed E-state index contributed by atoms with van der Waals surface area (Å²) in [6.07, 6.45) is 6.86. The van der Waals surface area contributed by atoms with Crippen LogP contribution < -0.4 is 0 Å². The summed E-state index contributed by atoms with van der Waals surface area (Å²) in [5, 5.41) is 0. The minimum absolute atomic E-state index is 0.189. The standard InChI is InChI=1S/C21H27FN2O2/c22-20-6-2-1-4-17(20)12-19-13-23-21(26-19)18-5-3-9-24(15-18)14-16-7-10-25-11-8-16/h1-2,4,6,13,16,18H,3,5,7-12,14-15H2/t18-/m0/s1. The molecule has 26 heavy (non-hydrogen) atoms. The maximum absolute atomic E-state index is 13.8. The van der Waals surface area contributed by atoms with Gasteiger partial charge in [0.2, 0.25) is 0 Å². The van der Waals surface area contributed by atoms with Gasteiger partial charge < -0.3 is 14.1 Å². The van der Waals surface area contributed by atoms with E-state index >= 15 is 0 Å². The second kappa shape index (κ2) is 8.31. The van der Waals surface area contributed by atoms with Crippen LogP contribution in [0, 0.1) is 11.7 Å². The molecule has 3 heterocycles. The summed E-state index contributed by atoms with van der Waals surface area (Å²) in [5.74, 6) is 2.46. The van der Waals surface area contributed by atoms with Crippen LogP contribution in [-0.4, -0.2) is 42.7 Å². The molecule has 4 nitrogen and oxygen atoms in total. The van der Waals surface area contributed by atoms with Crippen LogP contribution in [0.5, 0.6) is 0 Å². The summed E-state index contributed by atoms with van der Waals surface area (Å²) >= 11 is 0. The number of benzene rings is 1. The van der Waals surface area contributed by atoms with E-state index in [1.807, 2.05) is 6.07 Å².